The topological polar surface area (TPSA) is 24.5 Å². The van der Waals surface area contributed by atoms with Crippen molar-refractivity contribution in [1.29, 1.82) is 0 Å². The first kappa shape index (κ1) is 17.9. The smallest absolute Gasteiger partial charge is 0.146 e. The number of rotatable bonds is 7. The number of hydrogen-bond acceptors (Lipinski definition) is 3. The van der Waals surface area contributed by atoms with E-state index in [0.29, 0.717) is 18.8 Å². The first-order valence-electron chi connectivity index (χ1n) is 7.48. The second kappa shape index (κ2) is 7.76. The molecule has 0 amide bonds. The highest BCUT2D eigenvalue weighted by Crippen LogP contribution is 2.29. The van der Waals surface area contributed by atoms with Crippen LogP contribution in [0.4, 0.5) is 10.1 Å². The van der Waals surface area contributed by atoms with Crippen molar-refractivity contribution in [2.45, 2.75) is 40.3 Å². The molecule has 0 heterocycles. The molecule has 0 spiro atoms. The van der Waals surface area contributed by atoms with Gasteiger partial charge < -0.3 is 15.0 Å². The lowest BCUT2D eigenvalue weighted by Crippen LogP contribution is -2.39. The van der Waals surface area contributed by atoms with Crippen LogP contribution >= 0.6 is 0 Å². The van der Waals surface area contributed by atoms with Gasteiger partial charge in [0, 0.05) is 33.3 Å². The third kappa shape index (κ3) is 5.29. The third-order valence-corrected chi connectivity index (χ3v) is 4.04. The Bertz CT molecular complexity index is 443. The molecule has 0 saturated carbocycles. The monoisotopic (exact) mass is 296 g/mol. The van der Waals surface area contributed by atoms with E-state index in [1.165, 1.54) is 0 Å². The van der Waals surface area contributed by atoms with Crippen LogP contribution in [0.25, 0.3) is 0 Å². The Morgan fingerprint density at radius 1 is 1.33 bits per heavy atom. The van der Waals surface area contributed by atoms with Gasteiger partial charge in [-0.1, -0.05) is 26.8 Å². The Morgan fingerprint density at radius 2 is 2.00 bits per heavy atom. The molecule has 1 rings (SSSR count). The maximum absolute atomic E-state index is 14.3. The number of nitrogens with zero attached hydrogens (tertiary/aromatic N) is 1. The van der Waals surface area contributed by atoms with Crippen LogP contribution in [-0.2, 0) is 11.3 Å². The lowest BCUT2D eigenvalue weighted by molar-refractivity contribution is 0.199. The molecule has 1 aromatic rings. The highest BCUT2D eigenvalue weighted by Gasteiger charge is 2.25. The van der Waals surface area contributed by atoms with Crippen molar-refractivity contribution in [2.24, 2.45) is 5.41 Å². The molecule has 0 aliphatic carbocycles. The Kier molecular flexibility index (Phi) is 6.62. The molecule has 21 heavy (non-hydrogen) atoms. The number of benzene rings is 1. The quantitative estimate of drug-likeness (QED) is 0.780. The standard InChI is InChI=1S/C17H29FN2O/c1-13(17(2,3)4)20(5)16-8-7-14(11-15(16)18)12-19-9-10-21-6/h7-8,11,13,19H,9-10,12H2,1-6H3. The number of nitrogens with one attached hydrogen (secondary N) is 1. The van der Waals surface area contributed by atoms with E-state index in [0.717, 1.165) is 12.1 Å². The average molecular weight is 296 g/mol. The molecule has 0 fully saturated rings. The Labute approximate surface area is 128 Å². The maximum Gasteiger partial charge on any atom is 0.146 e. The van der Waals surface area contributed by atoms with Crippen molar-refractivity contribution in [2.75, 3.05) is 32.2 Å². The molecule has 1 aromatic carbocycles. The Balaban J connectivity index is 2.74. The van der Waals surface area contributed by atoms with Gasteiger partial charge >= 0.3 is 0 Å². The molecule has 0 bridgehead atoms. The van der Waals surface area contributed by atoms with Gasteiger partial charge in [-0.3, -0.25) is 0 Å². The van der Waals surface area contributed by atoms with E-state index in [9.17, 15) is 4.39 Å². The van der Waals surface area contributed by atoms with E-state index in [1.807, 2.05) is 24.1 Å². The summed E-state index contributed by atoms with van der Waals surface area (Å²) in [6.07, 6.45) is 0. The van der Waals surface area contributed by atoms with Crippen molar-refractivity contribution < 1.29 is 9.13 Å². The van der Waals surface area contributed by atoms with Gasteiger partial charge in [-0.2, -0.15) is 0 Å². The Morgan fingerprint density at radius 3 is 2.52 bits per heavy atom. The van der Waals surface area contributed by atoms with Crippen molar-refractivity contribution in [3.8, 4) is 0 Å². The highest BCUT2D eigenvalue weighted by atomic mass is 19.1. The lowest BCUT2D eigenvalue weighted by atomic mass is 9.87. The zero-order valence-corrected chi connectivity index (χ0v) is 14.2. The minimum Gasteiger partial charge on any atom is -0.383 e. The predicted octanol–water partition coefficient (Wildman–Crippen LogP) is 3.43. The fraction of sp³-hybridized carbons (Fsp3) is 0.647. The average Bonchev–Trinajstić information content (AvgIpc) is 2.41. The fourth-order valence-corrected chi connectivity index (χ4v) is 2.14. The molecule has 120 valence electrons. The first-order valence-corrected chi connectivity index (χ1v) is 7.48. The summed E-state index contributed by atoms with van der Waals surface area (Å²) in [5, 5.41) is 3.22. The van der Waals surface area contributed by atoms with Crippen LogP contribution < -0.4 is 10.2 Å². The van der Waals surface area contributed by atoms with Crippen molar-refractivity contribution in [3.05, 3.63) is 29.6 Å². The van der Waals surface area contributed by atoms with E-state index in [2.05, 4.69) is 33.0 Å². The number of anilines is 1. The van der Waals surface area contributed by atoms with Gasteiger partial charge in [0.05, 0.1) is 12.3 Å². The summed E-state index contributed by atoms with van der Waals surface area (Å²) < 4.78 is 19.3. The normalized spacial score (nSPS) is 13.3. The molecular formula is C17H29FN2O. The molecule has 0 aliphatic rings. The van der Waals surface area contributed by atoms with Gasteiger partial charge in [0.1, 0.15) is 5.82 Å². The van der Waals surface area contributed by atoms with E-state index in [1.54, 1.807) is 13.2 Å². The number of hydrogen-bond donors (Lipinski definition) is 1. The summed E-state index contributed by atoms with van der Waals surface area (Å²) in [6.45, 7) is 10.7. The molecule has 4 heteroatoms. The summed E-state index contributed by atoms with van der Waals surface area (Å²) in [5.41, 5.74) is 1.70. The van der Waals surface area contributed by atoms with E-state index in [-0.39, 0.29) is 17.3 Å². The molecule has 3 nitrogen and oxygen atoms in total. The van der Waals surface area contributed by atoms with Crippen LogP contribution in [0, 0.1) is 11.2 Å². The molecular weight excluding hydrogens is 267 g/mol. The second-order valence-electron chi connectivity index (χ2n) is 6.61. The molecule has 1 atom stereocenters. The van der Waals surface area contributed by atoms with Gasteiger partial charge in [0.2, 0.25) is 0 Å². The van der Waals surface area contributed by atoms with Crippen LogP contribution in [-0.4, -0.2) is 33.4 Å². The Hall–Kier alpha value is -1.13. The van der Waals surface area contributed by atoms with Gasteiger partial charge in [0.15, 0.2) is 0 Å². The molecule has 0 aromatic heterocycles. The third-order valence-electron chi connectivity index (χ3n) is 4.04. The van der Waals surface area contributed by atoms with Crippen molar-refractivity contribution in [1.82, 2.24) is 5.32 Å². The van der Waals surface area contributed by atoms with Crippen LogP contribution in [0.1, 0.15) is 33.3 Å². The van der Waals surface area contributed by atoms with Crippen molar-refractivity contribution >= 4 is 5.69 Å². The maximum atomic E-state index is 14.3. The number of methoxy groups -OCH3 is 1. The van der Waals surface area contributed by atoms with Crippen molar-refractivity contribution in [3.63, 3.8) is 0 Å². The minimum absolute atomic E-state index is 0.0988. The van der Waals surface area contributed by atoms with Gasteiger partial charge in [0.25, 0.3) is 0 Å². The SMILES string of the molecule is COCCNCc1ccc(N(C)C(C)C(C)(C)C)c(F)c1. The molecule has 0 saturated heterocycles. The number of halogens is 1. The van der Waals surface area contributed by atoms with E-state index in [4.69, 9.17) is 4.74 Å². The van der Waals surface area contributed by atoms with Crippen LogP contribution in [0.5, 0.6) is 0 Å². The van der Waals surface area contributed by atoms with Crippen LogP contribution in [0.2, 0.25) is 0 Å². The highest BCUT2D eigenvalue weighted by molar-refractivity contribution is 5.49. The molecule has 0 radical (unpaired) electrons. The zero-order chi connectivity index (χ0) is 16.0. The summed E-state index contributed by atoms with van der Waals surface area (Å²) in [7, 11) is 3.62. The molecule has 1 N–H and O–H groups in total. The predicted molar refractivity (Wildman–Crippen MR) is 87.3 cm³/mol. The second-order valence-corrected chi connectivity index (χ2v) is 6.61. The largest absolute Gasteiger partial charge is 0.383 e. The molecule has 0 aliphatic heterocycles. The zero-order valence-electron chi connectivity index (χ0n) is 14.2. The van der Waals surface area contributed by atoms with E-state index >= 15 is 0 Å². The first-order chi connectivity index (χ1) is 9.77. The van der Waals surface area contributed by atoms with Gasteiger partial charge in [-0.15, -0.1) is 0 Å². The summed E-state index contributed by atoms with van der Waals surface area (Å²) in [6, 6.07) is 5.70. The molecule has 1 unspecified atom stereocenters. The minimum atomic E-state index is -0.167. The van der Waals surface area contributed by atoms with Gasteiger partial charge in [-0.05, 0) is 30.0 Å². The number of ether oxygens (including phenoxy) is 1. The fourth-order valence-electron chi connectivity index (χ4n) is 2.14. The van der Waals surface area contributed by atoms with Crippen LogP contribution in [0.15, 0.2) is 18.2 Å². The van der Waals surface area contributed by atoms with Crippen LogP contribution in [0.3, 0.4) is 0 Å². The summed E-state index contributed by atoms with van der Waals surface area (Å²) in [5.74, 6) is -0.167. The summed E-state index contributed by atoms with van der Waals surface area (Å²) >= 11 is 0. The van der Waals surface area contributed by atoms with E-state index < -0.39 is 0 Å². The van der Waals surface area contributed by atoms with Gasteiger partial charge in [-0.25, -0.2) is 4.39 Å². The lowest BCUT2D eigenvalue weighted by Gasteiger charge is -2.37. The summed E-state index contributed by atoms with van der Waals surface area (Å²) in [4.78, 5) is 2.01.